The molecule has 0 bridgehead atoms. The fourth-order valence-corrected chi connectivity index (χ4v) is 10.5. The van der Waals surface area contributed by atoms with E-state index in [0.717, 1.165) is 33.8 Å². The summed E-state index contributed by atoms with van der Waals surface area (Å²) in [6.07, 6.45) is 0. The lowest BCUT2D eigenvalue weighted by molar-refractivity contribution is 1.17. The number of rotatable bonds is 7. The Balaban J connectivity index is 1.14. The quantitative estimate of drug-likeness (QED) is 0.145. The lowest BCUT2D eigenvalue weighted by atomic mass is 9.85. The van der Waals surface area contributed by atoms with Gasteiger partial charge in [0.2, 0.25) is 0 Å². The predicted molar refractivity (Wildman–Crippen MR) is 282 cm³/mol. The maximum absolute atomic E-state index is 2.49. The molecule has 2 nitrogen and oxygen atoms in total. The van der Waals surface area contributed by atoms with Gasteiger partial charge in [-0.3, -0.25) is 0 Å². The van der Waals surface area contributed by atoms with E-state index in [4.69, 9.17) is 0 Å². The second kappa shape index (κ2) is 15.5. The normalized spacial score (nSPS) is 11.6. The third kappa shape index (κ3) is 6.18. The van der Waals surface area contributed by atoms with Crippen molar-refractivity contribution in [2.24, 2.45) is 0 Å². The molecule has 0 amide bonds. The first kappa shape index (κ1) is 37.8. The van der Waals surface area contributed by atoms with E-state index in [0.29, 0.717) is 0 Å². The number of aromatic nitrogens is 1. The van der Waals surface area contributed by atoms with Crippen LogP contribution in [0.1, 0.15) is 0 Å². The van der Waals surface area contributed by atoms with Crippen LogP contribution in [0.2, 0.25) is 0 Å². The second-order valence-electron chi connectivity index (χ2n) is 17.3. The Morgan fingerprint density at radius 2 is 0.803 bits per heavy atom. The predicted octanol–water partition coefficient (Wildman–Crippen LogP) is 17.9. The minimum absolute atomic E-state index is 1.08. The molecule has 0 radical (unpaired) electrons. The van der Waals surface area contributed by atoms with Crippen molar-refractivity contribution in [3.8, 4) is 39.1 Å². The molecule has 0 fully saturated rings. The van der Waals surface area contributed by atoms with Gasteiger partial charge in [0, 0.05) is 27.8 Å². The second-order valence-corrected chi connectivity index (χ2v) is 17.3. The van der Waals surface area contributed by atoms with E-state index < -0.39 is 0 Å². The summed E-state index contributed by atoms with van der Waals surface area (Å²) in [5.74, 6) is 0. The molecule has 1 aromatic heterocycles. The molecule has 0 aliphatic heterocycles. The summed E-state index contributed by atoms with van der Waals surface area (Å²) in [6, 6.07) is 93.6. The summed E-state index contributed by atoms with van der Waals surface area (Å²) in [4.78, 5) is 2.49. The summed E-state index contributed by atoms with van der Waals surface area (Å²) >= 11 is 0. The molecular formula is C64H42N2. The van der Waals surface area contributed by atoms with Crippen LogP contribution in [0.15, 0.2) is 255 Å². The minimum Gasteiger partial charge on any atom is -0.308 e. The Morgan fingerprint density at radius 1 is 0.273 bits per heavy atom. The van der Waals surface area contributed by atoms with Crippen LogP contribution in [-0.2, 0) is 0 Å². The molecule has 308 valence electrons. The average Bonchev–Trinajstić information content (AvgIpc) is 3.73. The van der Waals surface area contributed by atoms with Crippen molar-refractivity contribution in [2.45, 2.75) is 0 Å². The summed E-state index contributed by atoms with van der Waals surface area (Å²) in [5, 5.41) is 12.2. The van der Waals surface area contributed by atoms with Crippen LogP contribution >= 0.6 is 0 Å². The molecule has 0 saturated carbocycles. The van der Waals surface area contributed by atoms with Crippen molar-refractivity contribution in [2.75, 3.05) is 4.90 Å². The summed E-state index contributed by atoms with van der Waals surface area (Å²) in [7, 11) is 0. The lowest BCUT2D eigenvalue weighted by Crippen LogP contribution is -2.12. The molecule has 0 aliphatic rings. The van der Waals surface area contributed by atoms with Gasteiger partial charge in [0.15, 0.2) is 0 Å². The molecule has 13 rings (SSSR count). The standard InChI is InChI=1S/C64H42N2/c1-3-19-45(20-4-1)62-57-29-12-11-27-54(57)55-38-37-53(42-59(55)63(62)46-21-5-2-6-22-46)65(51-26-15-25-49(41-51)50-34-33-43-17-7-9-23-47(43)39-50)61-32-16-30-58-56-28-13-14-31-60(56)66(64(58)61)52-36-35-44-18-8-10-24-48(44)40-52/h1-42H. The fraction of sp³-hybridized carbons (Fsp3) is 0. The largest absolute Gasteiger partial charge is 0.308 e. The number of para-hydroxylation sites is 2. The molecule has 0 unspecified atom stereocenters. The van der Waals surface area contributed by atoms with E-state index in [2.05, 4.69) is 264 Å². The Kier molecular flexibility index (Phi) is 8.89. The van der Waals surface area contributed by atoms with E-state index in [-0.39, 0.29) is 0 Å². The first-order valence-electron chi connectivity index (χ1n) is 22.8. The van der Waals surface area contributed by atoms with Gasteiger partial charge in [0.05, 0.1) is 16.7 Å². The number of hydrogen-bond donors (Lipinski definition) is 0. The highest BCUT2D eigenvalue weighted by molar-refractivity contribution is 6.22. The highest BCUT2D eigenvalue weighted by atomic mass is 15.2. The first-order valence-corrected chi connectivity index (χ1v) is 22.8. The van der Waals surface area contributed by atoms with E-state index in [9.17, 15) is 0 Å². The Bertz CT molecular complexity index is 3990. The van der Waals surface area contributed by atoms with Crippen LogP contribution in [0.25, 0.3) is 104 Å². The Morgan fingerprint density at radius 3 is 1.56 bits per heavy atom. The Labute approximate surface area is 383 Å². The van der Waals surface area contributed by atoms with Crippen LogP contribution in [-0.4, -0.2) is 4.57 Å². The van der Waals surface area contributed by atoms with E-state index in [1.165, 1.54) is 87.2 Å². The van der Waals surface area contributed by atoms with Gasteiger partial charge >= 0.3 is 0 Å². The molecule has 1 heterocycles. The molecule has 0 aliphatic carbocycles. The molecular weight excluding hydrogens is 797 g/mol. The zero-order valence-corrected chi connectivity index (χ0v) is 36.1. The van der Waals surface area contributed by atoms with Crippen molar-refractivity contribution in [3.05, 3.63) is 255 Å². The average molecular weight is 839 g/mol. The van der Waals surface area contributed by atoms with Crippen molar-refractivity contribution >= 4 is 82.0 Å². The van der Waals surface area contributed by atoms with Crippen molar-refractivity contribution in [3.63, 3.8) is 0 Å². The van der Waals surface area contributed by atoms with Crippen molar-refractivity contribution in [1.29, 1.82) is 0 Å². The van der Waals surface area contributed by atoms with Gasteiger partial charge in [-0.2, -0.15) is 0 Å². The number of benzene rings is 12. The Hall–Kier alpha value is -8.72. The van der Waals surface area contributed by atoms with E-state index in [1.807, 2.05) is 0 Å². The summed E-state index contributed by atoms with van der Waals surface area (Å²) in [5.41, 5.74) is 13.9. The maximum Gasteiger partial charge on any atom is 0.0782 e. The number of nitrogens with zero attached hydrogens (tertiary/aromatic N) is 2. The lowest BCUT2D eigenvalue weighted by Gasteiger charge is -2.28. The third-order valence-electron chi connectivity index (χ3n) is 13.5. The molecule has 0 spiro atoms. The SMILES string of the molecule is c1ccc(-c2c(-c3ccccc3)c3cc(N(c4cccc(-c5ccc6ccccc6c5)c4)c4cccc5c6ccccc6n(-c6ccc7ccccc7c6)c45)ccc3c3ccccc23)cc1. The topological polar surface area (TPSA) is 8.17 Å². The van der Waals surface area contributed by atoms with Gasteiger partial charge in [-0.25, -0.2) is 0 Å². The van der Waals surface area contributed by atoms with Gasteiger partial charge < -0.3 is 9.47 Å². The molecule has 12 aromatic carbocycles. The maximum atomic E-state index is 2.49. The van der Waals surface area contributed by atoms with Crippen LogP contribution < -0.4 is 4.90 Å². The molecule has 66 heavy (non-hydrogen) atoms. The fourth-order valence-electron chi connectivity index (χ4n) is 10.5. The highest BCUT2D eigenvalue weighted by Crippen LogP contribution is 2.49. The molecule has 2 heteroatoms. The van der Waals surface area contributed by atoms with Gasteiger partial charge in [0.1, 0.15) is 0 Å². The van der Waals surface area contributed by atoms with Gasteiger partial charge in [-0.15, -0.1) is 0 Å². The molecule has 0 N–H and O–H groups in total. The minimum atomic E-state index is 1.08. The summed E-state index contributed by atoms with van der Waals surface area (Å²) in [6.45, 7) is 0. The first-order chi connectivity index (χ1) is 32.7. The van der Waals surface area contributed by atoms with Crippen LogP contribution in [0.3, 0.4) is 0 Å². The molecule has 13 aromatic rings. The monoisotopic (exact) mass is 838 g/mol. The van der Waals surface area contributed by atoms with Gasteiger partial charge in [-0.05, 0) is 131 Å². The molecule has 0 atom stereocenters. The van der Waals surface area contributed by atoms with Crippen LogP contribution in [0, 0.1) is 0 Å². The van der Waals surface area contributed by atoms with Crippen molar-refractivity contribution in [1.82, 2.24) is 4.57 Å². The molecule has 0 saturated heterocycles. The third-order valence-corrected chi connectivity index (χ3v) is 13.5. The zero-order chi connectivity index (χ0) is 43.6. The van der Waals surface area contributed by atoms with Crippen LogP contribution in [0.5, 0.6) is 0 Å². The van der Waals surface area contributed by atoms with Crippen molar-refractivity contribution < 1.29 is 0 Å². The highest BCUT2D eigenvalue weighted by Gasteiger charge is 2.24. The van der Waals surface area contributed by atoms with E-state index >= 15 is 0 Å². The zero-order valence-electron chi connectivity index (χ0n) is 36.1. The van der Waals surface area contributed by atoms with Crippen LogP contribution in [0.4, 0.5) is 17.1 Å². The smallest absolute Gasteiger partial charge is 0.0782 e. The number of hydrogen-bond acceptors (Lipinski definition) is 1. The number of fused-ring (bicyclic) bond motifs is 8. The van der Waals surface area contributed by atoms with Gasteiger partial charge in [0.25, 0.3) is 0 Å². The summed E-state index contributed by atoms with van der Waals surface area (Å²) < 4.78 is 2.48. The van der Waals surface area contributed by atoms with Gasteiger partial charge in [-0.1, -0.05) is 200 Å². The van der Waals surface area contributed by atoms with E-state index in [1.54, 1.807) is 0 Å². The number of anilines is 3.